The molecule has 1 amide bonds. The molecule has 1 saturated heterocycles. The minimum absolute atomic E-state index is 0.0172. The van der Waals surface area contributed by atoms with Gasteiger partial charge in [-0.3, -0.25) is 4.79 Å². The fourth-order valence-electron chi connectivity index (χ4n) is 2.69. The number of rotatable bonds is 4. The number of benzene rings is 1. The lowest BCUT2D eigenvalue weighted by Crippen LogP contribution is -2.48. The first-order valence-corrected chi connectivity index (χ1v) is 8.17. The van der Waals surface area contributed by atoms with E-state index in [1.165, 1.54) is 6.07 Å². The van der Waals surface area contributed by atoms with Crippen molar-refractivity contribution in [3.05, 3.63) is 24.0 Å². The molecule has 1 fully saturated rings. The van der Waals surface area contributed by atoms with Gasteiger partial charge in [-0.2, -0.15) is 5.11 Å². The van der Waals surface area contributed by atoms with E-state index in [-0.39, 0.29) is 24.3 Å². The maximum Gasteiger partial charge on any atom is 0.239 e. The summed E-state index contributed by atoms with van der Waals surface area (Å²) >= 11 is 4.98. The molecular weight excluding hydrogens is 331 g/mol. The van der Waals surface area contributed by atoms with E-state index in [9.17, 15) is 9.18 Å². The monoisotopic (exact) mass is 350 g/mol. The van der Waals surface area contributed by atoms with Gasteiger partial charge < -0.3 is 15.5 Å². The van der Waals surface area contributed by atoms with Crippen LogP contribution in [0.25, 0.3) is 0 Å². The molecule has 0 spiro atoms. The molecule has 0 bridgehead atoms. The fraction of sp³-hybridized carbons (Fsp3) is 0.467. The Balaban J connectivity index is 1.66. The van der Waals surface area contributed by atoms with Gasteiger partial charge in [0.2, 0.25) is 5.91 Å². The number of piperazine rings is 1. The molecule has 24 heavy (non-hydrogen) atoms. The van der Waals surface area contributed by atoms with E-state index >= 15 is 0 Å². The van der Waals surface area contributed by atoms with Crippen LogP contribution < -0.4 is 20.5 Å². The average Bonchev–Trinajstić information content (AvgIpc) is 3.02. The third-order valence-corrected chi connectivity index (χ3v) is 4.05. The standard InChI is InChI=1S/C15H19FN6OS/c1-10(24)18-7-11-8-22(20-19-11)12-2-3-14(13(16)6-12)21-5-4-17-15(23)9-21/h2-3,6,11H,4-5,7-9H2,1H3,(H,17,23)(H,18,24). The predicted molar refractivity (Wildman–Crippen MR) is 93.9 cm³/mol. The molecule has 7 nitrogen and oxygen atoms in total. The number of nitrogens with zero attached hydrogens (tertiary/aromatic N) is 4. The average molecular weight is 350 g/mol. The van der Waals surface area contributed by atoms with Crippen molar-refractivity contribution in [3.8, 4) is 0 Å². The second-order valence-electron chi connectivity index (χ2n) is 5.79. The second kappa shape index (κ2) is 7.08. The molecule has 0 radical (unpaired) electrons. The van der Waals surface area contributed by atoms with Crippen LogP contribution in [-0.4, -0.2) is 49.7 Å². The van der Waals surface area contributed by atoms with Crippen LogP contribution in [0.2, 0.25) is 0 Å². The molecule has 128 valence electrons. The highest BCUT2D eigenvalue weighted by Crippen LogP contribution is 2.27. The summed E-state index contributed by atoms with van der Waals surface area (Å²) in [6.45, 7) is 4.28. The molecule has 1 aromatic rings. The van der Waals surface area contributed by atoms with E-state index in [1.54, 1.807) is 22.0 Å². The normalized spacial score (nSPS) is 20.2. The Morgan fingerprint density at radius 3 is 3.08 bits per heavy atom. The fourth-order valence-corrected chi connectivity index (χ4v) is 2.77. The van der Waals surface area contributed by atoms with Crippen molar-refractivity contribution < 1.29 is 9.18 Å². The Morgan fingerprint density at radius 1 is 1.54 bits per heavy atom. The van der Waals surface area contributed by atoms with E-state index in [0.717, 1.165) is 0 Å². The number of thiocarbonyl (C=S) groups is 1. The van der Waals surface area contributed by atoms with Gasteiger partial charge in [0.1, 0.15) is 11.9 Å². The smallest absolute Gasteiger partial charge is 0.239 e. The van der Waals surface area contributed by atoms with E-state index in [0.29, 0.717) is 42.5 Å². The molecule has 0 aromatic heterocycles. The SMILES string of the molecule is CC(=S)NCC1CN(c2ccc(N3CCNC(=O)C3)c(F)c2)N=N1. The van der Waals surface area contributed by atoms with E-state index < -0.39 is 0 Å². The van der Waals surface area contributed by atoms with Crippen molar-refractivity contribution in [2.45, 2.75) is 13.0 Å². The Morgan fingerprint density at radius 2 is 2.38 bits per heavy atom. The third kappa shape index (κ3) is 3.78. The lowest BCUT2D eigenvalue weighted by atomic mass is 10.2. The van der Waals surface area contributed by atoms with E-state index in [2.05, 4.69) is 21.0 Å². The van der Waals surface area contributed by atoms with Crippen molar-refractivity contribution in [3.63, 3.8) is 0 Å². The van der Waals surface area contributed by atoms with Gasteiger partial charge in [0.05, 0.1) is 29.5 Å². The van der Waals surface area contributed by atoms with Crippen LogP contribution in [0.1, 0.15) is 6.92 Å². The second-order valence-corrected chi connectivity index (χ2v) is 6.40. The summed E-state index contributed by atoms with van der Waals surface area (Å²) in [6, 6.07) is 4.90. The summed E-state index contributed by atoms with van der Waals surface area (Å²) in [5.74, 6) is -0.462. The van der Waals surface area contributed by atoms with Crippen molar-refractivity contribution >= 4 is 34.5 Å². The van der Waals surface area contributed by atoms with Gasteiger partial charge in [-0.1, -0.05) is 17.4 Å². The Kier molecular flexibility index (Phi) is 4.89. The van der Waals surface area contributed by atoms with Crippen molar-refractivity contribution in [2.75, 3.05) is 42.6 Å². The summed E-state index contributed by atoms with van der Waals surface area (Å²) in [6.07, 6.45) is 0. The minimum atomic E-state index is -0.367. The highest BCUT2D eigenvalue weighted by atomic mass is 32.1. The molecule has 2 aliphatic heterocycles. The van der Waals surface area contributed by atoms with Crippen molar-refractivity contribution in [1.29, 1.82) is 0 Å². The molecule has 1 unspecified atom stereocenters. The highest BCUT2D eigenvalue weighted by Gasteiger charge is 2.23. The topological polar surface area (TPSA) is 72.3 Å². The summed E-state index contributed by atoms with van der Waals surface area (Å²) in [7, 11) is 0. The number of amides is 1. The molecule has 1 aromatic carbocycles. The number of hydrogen-bond donors (Lipinski definition) is 2. The third-order valence-electron chi connectivity index (χ3n) is 3.90. The maximum absolute atomic E-state index is 14.5. The molecule has 3 rings (SSSR count). The van der Waals surface area contributed by atoms with Crippen LogP contribution in [-0.2, 0) is 4.79 Å². The number of halogens is 1. The lowest BCUT2D eigenvalue weighted by Gasteiger charge is -2.29. The molecule has 9 heteroatoms. The van der Waals surface area contributed by atoms with Crippen molar-refractivity contribution in [2.24, 2.45) is 10.3 Å². The van der Waals surface area contributed by atoms with Crippen LogP contribution in [0.15, 0.2) is 28.5 Å². The zero-order valence-electron chi connectivity index (χ0n) is 13.3. The quantitative estimate of drug-likeness (QED) is 0.800. The molecular formula is C15H19FN6OS. The number of carbonyl (C=O) groups is 1. The Hall–Kier alpha value is -2.29. The van der Waals surface area contributed by atoms with Crippen LogP contribution in [0, 0.1) is 5.82 Å². The zero-order valence-corrected chi connectivity index (χ0v) is 14.1. The van der Waals surface area contributed by atoms with Gasteiger partial charge in [-0.25, -0.2) is 9.40 Å². The summed E-state index contributed by atoms with van der Waals surface area (Å²) in [5.41, 5.74) is 1.07. The van der Waals surface area contributed by atoms with Gasteiger partial charge in [0, 0.05) is 25.7 Å². The summed E-state index contributed by atoms with van der Waals surface area (Å²) < 4.78 is 14.5. The molecule has 1 atom stereocenters. The van der Waals surface area contributed by atoms with Gasteiger partial charge in [0.15, 0.2) is 0 Å². The van der Waals surface area contributed by atoms with E-state index in [1.807, 2.05) is 6.92 Å². The first-order chi connectivity index (χ1) is 11.5. The molecule has 2 heterocycles. The van der Waals surface area contributed by atoms with E-state index in [4.69, 9.17) is 12.2 Å². The predicted octanol–water partition coefficient (Wildman–Crippen LogP) is 1.25. The Bertz CT molecular complexity index is 682. The molecule has 0 aliphatic carbocycles. The van der Waals surface area contributed by atoms with Crippen LogP contribution in [0.5, 0.6) is 0 Å². The van der Waals surface area contributed by atoms with Crippen molar-refractivity contribution in [1.82, 2.24) is 10.6 Å². The molecule has 2 aliphatic rings. The van der Waals surface area contributed by atoms with Gasteiger partial charge in [0.25, 0.3) is 0 Å². The lowest BCUT2D eigenvalue weighted by molar-refractivity contribution is -0.120. The minimum Gasteiger partial charge on any atom is -0.378 e. The summed E-state index contributed by atoms with van der Waals surface area (Å²) in [5, 5.41) is 15.7. The van der Waals surface area contributed by atoms with Crippen LogP contribution in [0.3, 0.4) is 0 Å². The van der Waals surface area contributed by atoms with Gasteiger partial charge in [-0.05, 0) is 19.1 Å². The molecule has 0 saturated carbocycles. The maximum atomic E-state index is 14.5. The number of nitrogens with one attached hydrogen (secondary N) is 2. The number of anilines is 2. The summed E-state index contributed by atoms with van der Waals surface area (Å²) in [4.78, 5) is 13.9. The number of hydrogen-bond acceptors (Lipinski definition) is 6. The van der Waals surface area contributed by atoms with Gasteiger partial charge >= 0.3 is 0 Å². The zero-order chi connectivity index (χ0) is 17.1. The first-order valence-electron chi connectivity index (χ1n) is 7.77. The van der Waals surface area contributed by atoms with Gasteiger partial charge in [-0.15, -0.1) is 0 Å². The Labute approximate surface area is 144 Å². The van der Waals surface area contributed by atoms with Crippen LogP contribution >= 0.6 is 12.2 Å². The largest absolute Gasteiger partial charge is 0.378 e. The number of carbonyl (C=O) groups excluding carboxylic acids is 1. The highest BCUT2D eigenvalue weighted by molar-refractivity contribution is 7.80. The molecule has 2 N–H and O–H groups in total. The van der Waals surface area contributed by atoms with Crippen LogP contribution in [0.4, 0.5) is 15.8 Å². The first kappa shape index (κ1) is 16.6.